The molecular weight excluding hydrogens is 686 g/mol. The third kappa shape index (κ3) is 11.0. The van der Waals surface area contributed by atoms with Crippen LogP contribution in [-0.4, -0.2) is 120 Å². The molecule has 0 aromatic heterocycles. The number of sulfonamides is 1. The van der Waals surface area contributed by atoms with Crippen molar-refractivity contribution in [1.82, 2.24) is 30.1 Å². The number of urea groups is 1. The van der Waals surface area contributed by atoms with Crippen molar-refractivity contribution in [2.24, 2.45) is 10.8 Å². The highest BCUT2D eigenvalue weighted by atomic mass is 32.2. The molecular formula is C33H54BFN6O9S. The summed E-state index contributed by atoms with van der Waals surface area (Å²) >= 11 is 0. The molecule has 3 rings (SSSR count). The Labute approximate surface area is 300 Å². The second-order valence-corrected chi connectivity index (χ2v) is 17.8. The molecule has 5 atom stereocenters. The van der Waals surface area contributed by atoms with E-state index in [1.54, 1.807) is 39.8 Å². The summed E-state index contributed by atoms with van der Waals surface area (Å²) in [6.07, 6.45) is -0.00750. The second kappa shape index (κ2) is 16.5. The first-order valence-corrected chi connectivity index (χ1v) is 19.0. The normalized spacial score (nSPS) is 19.6. The molecule has 0 spiro atoms. The van der Waals surface area contributed by atoms with E-state index in [1.165, 1.54) is 22.9 Å². The first-order chi connectivity index (χ1) is 23.4. The quantitative estimate of drug-likeness (QED) is 0.198. The molecule has 0 bridgehead atoms. The fourth-order valence-electron chi connectivity index (χ4n) is 6.06. The van der Waals surface area contributed by atoms with Crippen molar-refractivity contribution in [2.45, 2.75) is 111 Å². The van der Waals surface area contributed by atoms with Crippen molar-refractivity contribution in [3.8, 4) is 0 Å². The van der Waals surface area contributed by atoms with Gasteiger partial charge in [-0.15, -0.1) is 0 Å². The summed E-state index contributed by atoms with van der Waals surface area (Å²) in [4.78, 5) is 57.3. The van der Waals surface area contributed by atoms with Gasteiger partial charge in [0.25, 0.3) is 0 Å². The molecule has 0 aliphatic carbocycles. The minimum absolute atomic E-state index is 0.00608. The number of benzene rings is 1. The number of ether oxygens (including phenoxy) is 1. The molecule has 1 fully saturated rings. The maximum Gasteiger partial charge on any atom is 0.475 e. The molecule has 2 heterocycles. The van der Waals surface area contributed by atoms with E-state index in [4.69, 9.17) is 4.74 Å². The van der Waals surface area contributed by atoms with Crippen LogP contribution in [-0.2, 0) is 37.4 Å². The Kier molecular flexibility index (Phi) is 13.5. The van der Waals surface area contributed by atoms with Crippen molar-refractivity contribution in [1.29, 1.82) is 0 Å². The molecule has 0 radical (unpaired) electrons. The van der Waals surface area contributed by atoms with E-state index in [0.717, 1.165) is 10.6 Å². The highest BCUT2D eigenvalue weighted by Crippen LogP contribution is 2.30. The molecule has 18 heteroatoms. The van der Waals surface area contributed by atoms with E-state index in [2.05, 4.69) is 16.0 Å². The number of hydrogen-bond donors (Lipinski definition) is 5. The summed E-state index contributed by atoms with van der Waals surface area (Å²) in [5, 5.41) is 27.9. The van der Waals surface area contributed by atoms with E-state index >= 15 is 0 Å². The van der Waals surface area contributed by atoms with E-state index in [9.17, 15) is 42.0 Å². The van der Waals surface area contributed by atoms with Crippen molar-refractivity contribution in [3.63, 3.8) is 0 Å². The Morgan fingerprint density at radius 2 is 1.71 bits per heavy atom. The lowest BCUT2D eigenvalue weighted by Crippen LogP contribution is -2.62. The summed E-state index contributed by atoms with van der Waals surface area (Å²) in [5.74, 6) is -2.81. The van der Waals surface area contributed by atoms with Gasteiger partial charge in [0.2, 0.25) is 21.8 Å². The molecule has 5 amide bonds. The predicted molar refractivity (Wildman–Crippen MR) is 189 cm³/mol. The third-order valence-electron chi connectivity index (χ3n) is 9.33. The van der Waals surface area contributed by atoms with Gasteiger partial charge in [0.05, 0.1) is 25.3 Å². The highest BCUT2D eigenvalue weighted by Gasteiger charge is 2.47. The number of likely N-dealkylation sites (tertiary alicyclic amines) is 1. The van der Waals surface area contributed by atoms with Crippen molar-refractivity contribution >= 4 is 41.1 Å². The van der Waals surface area contributed by atoms with Crippen LogP contribution in [0.3, 0.4) is 0 Å². The Bertz CT molecular complexity index is 1550. The van der Waals surface area contributed by atoms with Crippen LogP contribution in [0.2, 0.25) is 0 Å². The Morgan fingerprint density at radius 3 is 2.24 bits per heavy atom. The van der Waals surface area contributed by atoms with Gasteiger partial charge >= 0.3 is 19.2 Å². The summed E-state index contributed by atoms with van der Waals surface area (Å²) in [7, 11) is -4.02. The van der Waals surface area contributed by atoms with Crippen LogP contribution >= 0.6 is 0 Å². The number of halogens is 1. The van der Waals surface area contributed by atoms with Gasteiger partial charge in [-0.1, -0.05) is 67.0 Å². The van der Waals surface area contributed by atoms with Gasteiger partial charge < -0.3 is 35.6 Å². The summed E-state index contributed by atoms with van der Waals surface area (Å²) in [5.41, 5.74) is -0.455. The maximum absolute atomic E-state index is 14.4. The molecule has 1 aromatic rings. The lowest BCUT2D eigenvalue weighted by molar-refractivity contribution is -0.142. The first-order valence-electron chi connectivity index (χ1n) is 17.1. The summed E-state index contributed by atoms with van der Waals surface area (Å²) in [6.45, 7) is 12.4. The lowest BCUT2D eigenvalue weighted by atomic mass is 9.76. The topological polar surface area (TPSA) is 198 Å². The van der Waals surface area contributed by atoms with Crippen LogP contribution in [0.4, 0.5) is 14.0 Å². The van der Waals surface area contributed by atoms with E-state index in [1.807, 2.05) is 20.8 Å². The number of amides is 5. The van der Waals surface area contributed by atoms with Crippen LogP contribution in [0, 0.1) is 16.6 Å². The number of rotatable bonds is 12. The molecule has 0 saturated carbocycles. The number of carbonyl (C=O) groups is 4. The number of fused-ring (bicyclic) bond motifs is 1. The van der Waals surface area contributed by atoms with Crippen LogP contribution < -0.4 is 16.0 Å². The molecule has 1 saturated heterocycles. The minimum Gasteiger partial charge on any atom is -0.444 e. The number of hydrogen-bond acceptors (Lipinski definition) is 9. The van der Waals surface area contributed by atoms with Crippen molar-refractivity contribution in [3.05, 3.63) is 35.1 Å². The number of likely N-dealkylation sites (N-methyl/N-ethyl adjacent to an activating group) is 1. The smallest absolute Gasteiger partial charge is 0.444 e. The molecule has 51 heavy (non-hydrogen) atoms. The van der Waals surface area contributed by atoms with Gasteiger partial charge in [-0.25, -0.2) is 26.7 Å². The molecule has 15 nitrogen and oxygen atoms in total. The van der Waals surface area contributed by atoms with Gasteiger partial charge in [-0.3, -0.25) is 14.5 Å². The summed E-state index contributed by atoms with van der Waals surface area (Å²) in [6, 6.07) is 0.771. The average molecular weight is 741 g/mol. The number of nitrogens with zero attached hydrogens (tertiary/aromatic N) is 3. The van der Waals surface area contributed by atoms with Gasteiger partial charge in [0.1, 0.15) is 24.0 Å². The van der Waals surface area contributed by atoms with Gasteiger partial charge in [0.15, 0.2) is 0 Å². The first kappa shape index (κ1) is 41.9. The zero-order valence-corrected chi connectivity index (χ0v) is 31.8. The Hall–Kier alpha value is -3.48. The molecule has 5 N–H and O–H groups in total. The largest absolute Gasteiger partial charge is 0.475 e. The van der Waals surface area contributed by atoms with Gasteiger partial charge in [-0.2, -0.15) is 0 Å². The fourth-order valence-corrected chi connectivity index (χ4v) is 6.48. The Morgan fingerprint density at radius 1 is 1.06 bits per heavy atom. The maximum atomic E-state index is 14.4. The molecule has 2 aliphatic rings. The standard InChI is InChI=1S/C33H54BFN6O9S/c1-10-12-26(34(46)47)37-28(42)24-15-21(50-31(45)40-16-20-13-11-14-23(35)22(20)18-40)17-41(24)29(43)27(33(5,6)7)38-30(44)36-25(32(2,3)4)19-39(8)51(9,48)49/h11,13-14,21,24-27,46-47H,10,12,15-19H2,1-9H3,(H,37,42)(H2,36,38,44)/t21?,24-,25+,26-,27+/m0/s1. The molecule has 1 unspecified atom stereocenters. The summed E-state index contributed by atoms with van der Waals surface area (Å²) < 4.78 is 45.5. The Balaban J connectivity index is 1.86. The van der Waals surface area contributed by atoms with Crippen LogP contribution in [0.15, 0.2) is 18.2 Å². The zero-order chi connectivity index (χ0) is 38.6. The SMILES string of the molecule is CCC[C@H](NC(=O)[C@@H]1CC(OC(=O)N2Cc3cccc(F)c3C2)CN1C(=O)[C@@H](NC(=O)N[C@H](CN(C)S(C)(=O)=O)C(C)(C)C)C(C)(C)C)B(O)O. The van der Waals surface area contributed by atoms with Crippen molar-refractivity contribution < 1.29 is 46.8 Å². The van der Waals surface area contributed by atoms with Crippen molar-refractivity contribution in [2.75, 3.05) is 26.4 Å². The number of carbonyl (C=O) groups excluding carboxylic acids is 4. The van der Waals surface area contributed by atoms with Crippen LogP contribution in [0.5, 0.6) is 0 Å². The monoisotopic (exact) mass is 740 g/mol. The van der Waals surface area contributed by atoms with E-state index in [-0.39, 0.29) is 39.0 Å². The molecule has 1 aromatic carbocycles. The zero-order valence-electron chi connectivity index (χ0n) is 31.0. The van der Waals surface area contributed by atoms with Crippen LogP contribution in [0.1, 0.15) is 78.9 Å². The van der Waals surface area contributed by atoms with Gasteiger partial charge in [0, 0.05) is 38.2 Å². The number of nitrogens with one attached hydrogen (secondary N) is 3. The molecule has 286 valence electrons. The third-order valence-corrected chi connectivity index (χ3v) is 10.6. The average Bonchev–Trinajstić information content (AvgIpc) is 3.63. The minimum atomic E-state index is -3.56. The highest BCUT2D eigenvalue weighted by molar-refractivity contribution is 7.88. The second-order valence-electron chi connectivity index (χ2n) is 15.7. The van der Waals surface area contributed by atoms with Crippen LogP contribution in [0.25, 0.3) is 0 Å². The molecule has 2 aliphatic heterocycles. The van der Waals surface area contributed by atoms with E-state index < -0.39 is 87.9 Å². The van der Waals surface area contributed by atoms with Gasteiger partial charge in [-0.05, 0) is 28.9 Å². The lowest BCUT2D eigenvalue weighted by Gasteiger charge is -2.37. The predicted octanol–water partition coefficient (Wildman–Crippen LogP) is 1.56. The fraction of sp³-hybridized carbons (Fsp3) is 0.697. The van der Waals surface area contributed by atoms with E-state index in [0.29, 0.717) is 17.5 Å².